The van der Waals surface area contributed by atoms with Crippen LogP contribution in [0.2, 0.25) is 0 Å². The van der Waals surface area contributed by atoms with Gasteiger partial charge in [-0.1, -0.05) is 12.1 Å². The summed E-state index contributed by atoms with van der Waals surface area (Å²) in [4.78, 5) is 19.8. The Morgan fingerprint density at radius 3 is 3.04 bits per heavy atom. The Morgan fingerprint density at radius 2 is 2.26 bits per heavy atom. The van der Waals surface area contributed by atoms with E-state index in [0.717, 1.165) is 43.0 Å². The second kappa shape index (κ2) is 7.06. The predicted octanol–water partition coefficient (Wildman–Crippen LogP) is 1.80. The fourth-order valence-electron chi connectivity index (χ4n) is 2.66. The molecule has 1 aromatic heterocycles. The van der Waals surface area contributed by atoms with Crippen molar-refractivity contribution in [3.05, 3.63) is 36.7 Å². The summed E-state index contributed by atoms with van der Waals surface area (Å²) in [5, 5.41) is 9.34. The molecule has 1 fully saturated rings. The van der Waals surface area contributed by atoms with Gasteiger partial charge in [-0.2, -0.15) is 0 Å². The molecule has 1 atom stereocenters. The van der Waals surface area contributed by atoms with Gasteiger partial charge in [0.25, 0.3) is 0 Å². The standard InChI is InChI=1S/C16H20N6O/c17-16(23)21-12-4-1-3-11(7-12)14-9-19-10-15(22-14)20-13-5-2-6-18-8-13/h1,3-4,7,9-10,13,18H,2,5-6,8H2,(H,20,22)(H3,17,21,23). The Hall–Kier alpha value is -2.67. The molecule has 3 rings (SSSR count). The lowest BCUT2D eigenvalue weighted by Gasteiger charge is -2.24. The number of benzene rings is 1. The van der Waals surface area contributed by atoms with Crippen molar-refractivity contribution in [2.75, 3.05) is 23.7 Å². The maximum atomic E-state index is 11.0. The molecular formula is C16H20N6O. The van der Waals surface area contributed by atoms with E-state index >= 15 is 0 Å². The van der Waals surface area contributed by atoms with Crippen LogP contribution in [0.15, 0.2) is 36.7 Å². The molecule has 2 aromatic rings. The van der Waals surface area contributed by atoms with E-state index in [1.807, 2.05) is 18.2 Å². The second-order valence-corrected chi connectivity index (χ2v) is 5.55. The molecule has 1 aromatic carbocycles. The number of carbonyl (C=O) groups excluding carboxylic acids is 1. The van der Waals surface area contributed by atoms with Gasteiger partial charge in [-0.3, -0.25) is 4.98 Å². The lowest BCUT2D eigenvalue weighted by atomic mass is 10.1. The summed E-state index contributed by atoms with van der Waals surface area (Å²) < 4.78 is 0. The SMILES string of the molecule is NC(=O)Nc1cccc(-c2cncc(NC3CCCNC3)n2)c1. The molecule has 7 heteroatoms. The minimum absolute atomic E-state index is 0.371. The topological polar surface area (TPSA) is 105 Å². The fraction of sp³-hybridized carbons (Fsp3) is 0.312. The number of aromatic nitrogens is 2. The quantitative estimate of drug-likeness (QED) is 0.689. The Kier molecular flexibility index (Phi) is 4.68. The molecule has 0 radical (unpaired) electrons. The van der Waals surface area contributed by atoms with Crippen molar-refractivity contribution in [2.24, 2.45) is 5.73 Å². The van der Waals surface area contributed by atoms with Crippen molar-refractivity contribution in [1.82, 2.24) is 15.3 Å². The van der Waals surface area contributed by atoms with Crippen LogP contribution in [0.1, 0.15) is 12.8 Å². The summed E-state index contributed by atoms with van der Waals surface area (Å²) >= 11 is 0. The highest BCUT2D eigenvalue weighted by molar-refractivity contribution is 5.88. The van der Waals surface area contributed by atoms with E-state index in [0.29, 0.717) is 11.7 Å². The highest BCUT2D eigenvalue weighted by Crippen LogP contribution is 2.22. The normalized spacial score (nSPS) is 17.5. The van der Waals surface area contributed by atoms with Crippen LogP contribution in [0.25, 0.3) is 11.3 Å². The molecule has 1 saturated heterocycles. The molecule has 1 unspecified atom stereocenters. The summed E-state index contributed by atoms with van der Waals surface area (Å²) in [5.74, 6) is 0.754. The lowest BCUT2D eigenvalue weighted by molar-refractivity contribution is 0.259. The number of rotatable bonds is 4. The number of primary amides is 1. The van der Waals surface area contributed by atoms with E-state index in [1.54, 1.807) is 18.5 Å². The first-order valence-corrected chi connectivity index (χ1v) is 7.67. The predicted molar refractivity (Wildman–Crippen MR) is 90.2 cm³/mol. The van der Waals surface area contributed by atoms with Crippen molar-refractivity contribution in [3.63, 3.8) is 0 Å². The molecule has 2 heterocycles. The zero-order chi connectivity index (χ0) is 16.1. The minimum atomic E-state index is -0.589. The molecule has 0 bridgehead atoms. The number of hydrogen-bond donors (Lipinski definition) is 4. The van der Waals surface area contributed by atoms with Crippen LogP contribution in [0, 0.1) is 0 Å². The van der Waals surface area contributed by atoms with E-state index in [2.05, 4.69) is 25.9 Å². The highest BCUT2D eigenvalue weighted by atomic mass is 16.2. The number of piperidine rings is 1. The first-order chi connectivity index (χ1) is 11.2. The van der Waals surface area contributed by atoms with Gasteiger partial charge >= 0.3 is 6.03 Å². The molecule has 7 nitrogen and oxygen atoms in total. The average molecular weight is 312 g/mol. The fourth-order valence-corrected chi connectivity index (χ4v) is 2.66. The number of nitrogens with one attached hydrogen (secondary N) is 3. The molecule has 23 heavy (non-hydrogen) atoms. The van der Waals surface area contributed by atoms with Gasteiger partial charge in [0.1, 0.15) is 5.82 Å². The summed E-state index contributed by atoms with van der Waals surface area (Å²) in [7, 11) is 0. The molecule has 120 valence electrons. The van der Waals surface area contributed by atoms with Crippen LogP contribution in [-0.4, -0.2) is 35.1 Å². The summed E-state index contributed by atoms with van der Waals surface area (Å²) in [5.41, 5.74) is 7.39. The Bertz CT molecular complexity index is 684. The first-order valence-electron chi connectivity index (χ1n) is 7.67. The van der Waals surface area contributed by atoms with Crippen LogP contribution in [0.5, 0.6) is 0 Å². The van der Waals surface area contributed by atoms with Gasteiger partial charge in [0.05, 0.1) is 18.1 Å². The molecule has 5 N–H and O–H groups in total. The maximum absolute atomic E-state index is 11.0. The number of carbonyl (C=O) groups is 1. The summed E-state index contributed by atoms with van der Waals surface area (Å²) in [6, 6.07) is 7.14. The van der Waals surface area contributed by atoms with E-state index < -0.39 is 6.03 Å². The van der Waals surface area contributed by atoms with E-state index in [9.17, 15) is 4.79 Å². The van der Waals surface area contributed by atoms with Crippen LogP contribution in [0.4, 0.5) is 16.3 Å². The molecule has 0 saturated carbocycles. The molecule has 1 aliphatic rings. The van der Waals surface area contributed by atoms with Crippen LogP contribution in [0.3, 0.4) is 0 Å². The van der Waals surface area contributed by atoms with E-state index in [-0.39, 0.29) is 0 Å². The number of anilines is 2. The second-order valence-electron chi connectivity index (χ2n) is 5.55. The zero-order valence-electron chi connectivity index (χ0n) is 12.7. The van der Waals surface area contributed by atoms with Gasteiger partial charge < -0.3 is 21.7 Å². The number of hydrogen-bond acceptors (Lipinski definition) is 5. The Balaban J connectivity index is 1.77. The molecule has 2 amide bonds. The van der Waals surface area contributed by atoms with Crippen molar-refractivity contribution in [3.8, 4) is 11.3 Å². The largest absolute Gasteiger partial charge is 0.365 e. The molecule has 1 aliphatic heterocycles. The van der Waals surface area contributed by atoms with Crippen molar-refractivity contribution in [2.45, 2.75) is 18.9 Å². The third-order valence-electron chi connectivity index (χ3n) is 3.71. The van der Waals surface area contributed by atoms with Gasteiger partial charge in [0.2, 0.25) is 0 Å². The van der Waals surface area contributed by atoms with Gasteiger partial charge in [-0.15, -0.1) is 0 Å². The maximum Gasteiger partial charge on any atom is 0.316 e. The number of nitrogens with zero attached hydrogens (tertiary/aromatic N) is 2. The van der Waals surface area contributed by atoms with E-state index in [4.69, 9.17) is 5.73 Å². The van der Waals surface area contributed by atoms with Crippen LogP contribution >= 0.6 is 0 Å². The van der Waals surface area contributed by atoms with Gasteiger partial charge in [-0.05, 0) is 31.5 Å². The smallest absolute Gasteiger partial charge is 0.316 e. The molecule has 0 aliphatic carbocycles. The summed E-state index contributed by atoms with van der Waals surface area (Å²) in [6.07, 6.45) is 5.71. The average Bonchev–Trinajstić information content (AvgIpc) is 2.56. The van der Waals surface area contributed by atoms with Gasteiger partial charge in [-0.25, -0.2) is 9.78 Å². The number of amides is 2. The highest BCUT2D eigenvalue weighted by Gasteiger charge is 2.13. The third-order valence-corrected chi connectivity index (χ3v) is 3.71. The van der Waals surface area contributed by atoms with Crippen LogP contribution in [-0.2, 0) is 0 Å². The number of urea groups is 1. The summed E-state index contributed by atoms with van der Waals surface area (Å²) in [6.45, 7) is 2.01. The lowest BCUT2D eigenvalue weighted by Crippen LogP contribution is -2.38. The van der Waals surface area contributed by atoms with Crippen molar-refractivity contribution >= 4 is 17.5 Å². The van der Waals surface area contributed by atoms with Crippen molar-refractivity contribution in [1.29, 1.82) is 0 Å². The zero-order valence-corrected chi connectivity index (χ0v) is 12.7. The molecular weight excluding hydrogens is 292 g/mol. The Morgan fingerprint density at radius 1 is 1.35 bits per heavy atom. The monoisotopic (exact) mass is 312 g/mol. The first kappa shape index (κ1) is 15.2. The molecule has 0 spiro atoms. The number of nitrogens with two attached hydrogens (primary N) is 1. The van der Waals surface area contributed by atoms with E-state index in [1.165, 1.54) is 0 Å². The Labute approximate surface area is 134 Å². The third kappa shape index (κ3) is 4.17. The van der Waals surface area contributed by atoms with Gasteiger partial charge in [0.15, 0.2) is 0 Å². The minimum Gasteiger partial charge on any atom is -0.365 e. The van der Waals surface area contributed by atoms with Crippen LogP contribution < -0.4 is 21.7 Å². The van der Waals surface area contributed by atoms with Gasteiger partial charge in [0, 0.05) is 23.8 Å². The van der Waals surface area contributed by atoms with Crippen molar-refractivity contribution < 1.29 is 4.79 Å².